The van der Waals surface area contributed by atoms with Gasteiger partial charge in [-0.3, -0.25) is 4.79 Å². The van der Waals surface area contributed by atoms with Crippen molar-refractivity contribution in [2.24, 2.45) is 0 Å². The molecule has 0 unspecified atom stereocenters. The van der Waals surface area contributed by atoms with Gasteiger partial charge in [-0.2, -0.15) is 0 Å². The van der Waals surface area contributed by atoms with Crippen molar-refractivity contribution in [1.29, 1.82) is 0 Å². The van der Waals surface area contributed by atoms with Gasteiger partial charge in [-0.15, -0.1) is 0 Å². The number of hydrogen-bond acceptors (Lipinski definition) is 4. The second-order valence-corrected chi connectivity index (χ2v) is 6.27. The number of benzene rings is 1. The maximum absolute atomic E-state index is 11.8. The topological polar surface area (TPSA) is 49.3 Å². The lowest BCUT2D eigenvalue weighted by Gasteiger charge is -2.31. The highest BCUT2D eigenvalue weighted by atomic mass is 16.2. The second kappa shape index (κ2) is 6.99. The van der Waals surface area contributed by atoms with Crippen LogP contribution in [0.25, 0.3) is 11.4 Å². The summed E-state index contributed by atoms with van der Waals surface area (Å²) < 4.78 is 0. The molecule has 0 saturated heterocycles. The predicted octanol–water partition coefficient (Wildman–Crippen LogP) is 2.89. The molecule has 2 heterocycles. The van der Waals surface area contributed by atoms with Crippen LogP contribution < -0.4 is 4.90 Å². The summed E-state index contributed by atoms with van der Waals surface area (Å²) in [6.07, 6.45) is 1.83. The maximum atomic E-state index is 11.8. The van der Waals surface area contributed by atoms with E-state index in [-0.39, 0.29) is 5.91 Å². The average molecular weight is 324 g/mol. The van der Waals surface area contributed by atoms with Gasteiger partial charge in [0.05, 0.1) is 12.2 Å². The number of fused-ring (bicyclic) bond motifs is 1. The largest absolute Gasteiger partial charge is 0.359 e. The summed E-state index contributed by atoms with van der Waals surface area (Å²) in [6, 6.07) is 10.1. The minimum absolute atomic E-state index is 0.108. The minimum Gasteiger partial charge on any atom is -0.359 e. The van der Waals surface area contributed by atoms with Gasteiger partial charge in [0, 0.05) is 44.6 Å². The molecule has 0 atom stereocenters. The first-order valence-corrected chi connectivity index (χ1v) is 8.52. The fourth-order valence-corrected chi connectivity index (χ4v) is 3.14. The minimum atomic E-state index is 0.108. The van der Waals surface area contributed by atoms with E-state index in [1.807, 2.05) is 35.2 Å². The summed E-state index contributed by atoms with van der Waals surface area (Å²) in [5.74, 6) is 1.83. The summed E-state index contributed by atoms with van der Waals surface area (Å²) in [5, 5.41) is 0. The number of carbonyl (C=O) groups excluding carboxylic acids is 1. The Morgan fingerprint density at radius 3 is 2.67 bits per heavy atom. The Morgan fingerprint density at radius 1 is 1.25 bits per heavy atom. The fourth-order valence-electron chi connectivity index (χ4n) is 3.14. The number of aromatic nitrogens is 2. The van der Waals surface area contributed by atoms with E-state index in [2.05, 4.69) is 18.9 Å². The highest BCUT2D eigenvalue weighted by Crippen LogP contribution is 2.29. The molecule has 1 aliphatic rings. The molecule has 1 amide bonds. The van der Waals surface area contributed by atoms with E-state index in [1.54, 1.807) is 6.92 Å². The zero-order chi connectivity index (χ0) is 17.1. The molecule has 0 spiro atoms. The number of anilines is 1. The van der Waals surface area contributed by atoms with Crippen LogP contribution in [0.4, 0.5) is 5.82 Å². The predicted molar refractivity (Wildman–Crippen MR) is 95.8 cm³/mol. The highest BCUT2D eigenvalue weighted by Gasteiger charge is 2.25. The molecule has 1 aromatic heterocycles. The van der Waals surface area contributed by atoms with E-state index >= 15 is 0 Å². The van der Waals surface area contributed by atoms with Gasteiger partial charge in [0.25, 0.3) is 0 Å². The van der Waals surface area contributed by atoms with E-state index < -0.39 is 0 Å². The van der Waals surface area contributed by atoms with Crippen LogP contribution in [0.3, 0.4) is 0 Å². The fraction of sp³-hybridized carbons (Fsp3) is 0.421. The van der Waals surface area contributed by atoms with Crippen molar-refractivity contribution in [3.05, 3.63) is 41.6 Å². The normalized spacial score (nSPS) is 13.5. The number of amides is 1. The van der Waals surface area contributed by atoms with Crippen LogP contribution in [0, 0.1) is 0 Å². The molecule has 1 aliphatic heterocycles. The summed E-state index contributed by atoms with van der Waals surface area (Å²) >= 11 is 0. The average Bonchev–Trinajstić information content (AvgIpc) is 2.61. The highest BCUT2D eigenvalue weighted by molar-refractivity contribution is 5.74. The van der Waals surface area contributed by atoms with Gasteiger partial charge < -0.3 is 9.80 Å². The molecule has 0 radical (unpaired) electrons. The van der Waals surface area contributed by atoms with Crippen molar-refractivity contribution >= 4 is 11.7 Å². The lowest BCUT2D eigenvalue weighted by molar-refractivity contribution is -0.129. The van der Waals surface area contributed by atoms with Gasteiger partial charge in [-0.25, -0.2) is 9.97 Å². The molecule has 0 bridgehead atoms. The van der Waals surface area contributed by atoms with Crippen molar-refractivity contribution in [3.63, 3.8) is 0 Å². The number of nitrogens with zero attached hydrogens (tertiary/aromatic N) is 4. The Hall–Kier alpha value is -2.43. The van der Waals surface area contributed by atoms with Gasteiger partial charge in [-0.05, 0) is 6.42 Å². The van der Waals surface area contributed by atoms with Gasteiger partial charge in [-0.1, -0.05) is 37.3 Å². The molecule has 0 N–H and O–H groups in total. The van der Waals surface area contributed by atoms with Gasteiger partial charge >= 0.3 is 0 Å². The Morgan fingerprint density at radius 2 is 2.00 bits per heavy atom. The van der Waals surface area contributed by atoms with Crippen LogP contribution in [0.15, 0.2) is 30.3 Å². The van der Waals surface area contributed by atoms with Crippen LogP contribution in [-0.4, -0.2) is 40.9 Å². The van der Waals surface area contributed by atoms with Crippen LogP contribution in [-0.2, 0) is 17.8 Å². The molecule has 0 saturated carbocycles. The number of carbonyl (C=O) groups is 1. The van der Waals surface area contributed by atoms with Crippen molar-refractivity contribution in [2.75, 3.05) is 25.0 Å². The third-order valence-electron chi connectivity index (χ3n) is 4.44. The van der Waals surface area contributed by atoms with E-state index in [9.17, 15) is 4.79 Å². The molecule has 126 valence electrons. The van der Waals surface area contributed by atoms with Crippen molar-refractivity contribution in [2.45, 2.75) is 33.2 Å². The Labute approximate surface area is 143 Å². The molecular formula is C19H24N4O. The van der Waals surface area contributed by atoms with Crippen LogP contribution >= 0.6 is 0 Å². The van der Waals surface area contributed by atoms with Crippen LogP contribution in [0.5, 0.6) is 0 Å². The SMILES string of the molecule is CCCN(C)c1nc(-c2ccccc2)nc2c1CN(C(C)=O)CC2. The summed E-state index contributed by atoms with van der Waals surface area (Å²) in [6.45, 7) is 6.04. The molecule has 5 nitrogen and oxygen atoms in total. The first-order chi connectivity index (χ1) is 11.6. The van der Waals surface area contributed by atoms with Crippen LogP contribution in [0.2, 0.25) is 0 Å². The first kappa shape index (κ1) is 16.4. The summed E-state index contributed by atoms with van der Waals surface area (Å²) in [7, 11) is 2.06. The molecular weight excluding hydrogens is 300 g/mol. The first-order valence-electron chi connectivity index (χ1n) is 8.52. The molecule has 0 fully saturated rings. The van der Waals surface area contributed by atoms with E-state index in [1.165, 1.54) is 0 Å². The third-order valence-corrected chi connectivity index (χ3v) is 4.44. The molecule has 0 aliphatic carbocycles. The molecule has 1 aromatic carbocycles. The number of hydrogen-bond donors (Lipinski definition) is 0. The quantitative estimate of drug-likeness (QED) is 0.868. The smallest absolute Gasteiger partial charge is 0.219 e. The third kappa shape index (κ3) is 3.25. The van der Waals surface area contributed by atoms with Gasteiger partial charge in [0.1, 0.15) is 5.82 Å². The Bertz CT molecular complexity index is 730. The standard InChI is InChI=1S/C19H24N4O/c1-4-11-22(3)19-16-13-23(14(2)24)12-10-17(16)20-18(21-19)15-8-6-5-7-9-15/h5-9H,4,10-13H2,1-3H3. The molecule has 5 heteroatoms. The van der Waals surface area contributed by atoms with E-state index in [0.29, 0.717) is 6.54 Å². The van der Waals surface area contributed by atoms with Crippen molar-refractivity contribution in [1.82, 2.24) is 14.9 Å². The van der Waals surface area contributed by atoms with Gasteiger partial charge in [0.15, 0.2) is 5.82 Å². The Balaban J connectivity index is 2.07. The lowest BCUT2D eigenvalue weighted by Crippen LogP contribution is -2.36. The zero-order valence-corrected chi connectivity index (χ0v) is 14.6. The summed E-state index contributed by atoms with van der Waals surface area (Å²) in [4.78, 5) is 25.5. The second-order valence-electron chi connectivity index (χ2n) is 6.27. The molecule has 24 heavy (non-hydrogen) atoms. The maximum Gasteiger partial charge on any atom is 0.219 e. The van der Waals surface area contributed by atoms with Gasteiger partial charge in [0.2, 0.25) is 5.91 Å². The summed E-state index contributed by atoms with van der Waals surface area (Å²) in [5.41, 5.74) is 3.19. The molecule has 2 aromatic rings. The van der Waals surface area contributed by atoms with Crippen molar-refractivity contribution < 1.29 is 4.79 Å². The van der Waals surface area contributed by atoms with E-state index in [4.69, 9.17) is 9.97 Å². The van der Waals surface area contributed by atoms with E-state index in [0.717, 1.165) is 54.4 Å². The van der Waals surface area contributed by atoms with Crippen LogP contribution in [0.1, 0.15) is 31.5 Å². The zero-order valence-electron chi connectivity index (χ0n) is 14.6. The monoisotopic (exact) mass is 324 g/mol. The number of rotatable bonds is 4. The lowest BCUT2D eigenvalue weighted by atomic mass is 10.0. The Kier molecular flexibility index (Phi) is 4.79. The van der Waals surface area contributed by atoms with Crippen molar-refractivity contribution in [3.8, 4) is 11.4 Å². The molecule has 3 rings (SSSR count).